The van der Waals surface area contributed by atoms with E-state index >= 15 is 0 Å². The first kappa shape index (κ1) is 22.3. The van der Waals surface area contributed by atoms with Gasteiger partial charge in [-0.15, -0.1) is 0 Å². The Kier molecular flexibility index (Phi) is 6.91. The van der Waals surface area contributed by atoms with E-state index in [2.05, 4.69) is 20.6 Å². The molecular weight excluding hydrogens is 394 g/mol. The lowest BCUT2D eigenvalue weighted by atomic mass is 9.93. The van der Waals surface area contributed by atoms with E-state index in [4.69, 9.17) is 0 Å². The first-order chi connectivity index (χ1) is 13.5. The second-order valence-electron chi connectivity index (χ2n) is 7.12. The summed E-state index contributed by atoms with van der Waals surface area (Å²) >= 11 is 0. The molecule has 0 saturated heterocycles. The topological polar surface area (TPSA) is 130 Å². The maximum absolute atomic E-state index is 12.4. The van der Waals surface area contributed by atoms with Crippen LogP contribution in [0.25, 0.3) is 0 Å². The maximum atomic E-state index is 12.4. The first-order valence-corrected chi connectivity index (χ1v) is 10.6. The number of aromatic nitrogens is 2. The van der Waals surface area contributed by atoms with Crippen molar-refractivity contribution in [3.63, 3.8) is 0 Å². The monoisotopic (exact) mass is 419 g/mol. The van der Waals surface area contributed by atoms with Gasteiger partial charge in [-0.1, -0.05) is 45.9 Å². The van der Waals surface area contributed by atoms with Gasteiger partial charge in [0.2, 0.25) is 5.91 Å². The number of carbonyl (C=O) groups is 2. The third-order valence-electron chi connectivity index (χ3n) is 4.03. The van der Waals surface area contributed by atoms with Crippen LogP contribution in [0.5, 0.6) is 0 Å². The molecule has 0 aliphatic rings. The van der Waals surface area contributed by atoms with Crippen LogP contribution in [0.4, 0.5) is 16.2 Å². The zero-order chi connectivity index (χ0) is 21.8. The van der Waals surface area contributed by atoms with Gasteiger partial charge in [-0.3, -0.25) is 4.79 Å². The molecule has 1 aromatic heterocycles. The fourth-order valence-electron chi connectivity index (χ4n) is 2.72. The van der Waals surface area contributed by atoms with Crippen molar-refractivity contribution >= 4 is 33.3 Å². The van der Waals surface area contributed by atoms with E-state index in [0.29, 0.717) is 5.69 Å². The molecule has 2 rings (SSSR count). The molecule has 156 valence electrons. The van der Waals surface area contributed by atoms with Gasteiger partial charge in [-0.05, 0) is 23.0 Å². The Morgan fingerprint density at radius 2 is 1.45 bits per heavy atom. The molecule has 0 bridgehead atoms. The normalized spacial score (nSPS) is 11.4. The van der Waals surface area contributed by atoms with E-state index in [1.54, 1.807) is 0 Å². The number of carbonyl (C=O) groups excluding carboxylic acids is 2. The number of anilines is 2. The minimum absolute atomic E-state index is 0.130. The molecule has 10 heteroatoms. The highest BCUT2D eigenvalue weighted by atomic mass is 32.2. The average Bonchev–Trinajstić information content (AvgIpc) is 2.60. The third-order valence-corrected chi connectivity index (χ3v) is 5.17. The number of benzene rings is 1. The summed E-state index contributed by atoms with van der Waals surface area (Å²) in [7, 11) is -4.29. The van der Waals surface area contributed by atoms with Gasteiger partial charge in [0.05, 0.1) is 18.1 Å². The molecule has 2 aromatic rings. The van der Waals surface area contributed by atoms with Crippen molar-refractivity contribution in [3.05, 3.63) is 41.7 Å². The summed E-state index contributed by atoms with van der Waals surface area (Å²) in [5.41, 5.74) is 2.64. The van der Waals surface area contributed by atoms with Crippen LogP contribution in [-0.4, -0.2) is 30.3 Å². The molecule has 1 heterocycles. The Balaban J connectivity index is 2.23. The lowest BCUT2D eigenvalue weighted by Gasteiger charge is -2.20. The lowest BCUT2D eigenvalue weighted by Crippen LogP contribution is -2.36. The van der Waals surface area contributed by atoms with Gasteiger partial charge in [0.15, 0.2) is 0 Å². The van der Waals surface area contributed by atoms with Gasteiger partial charge in [-0.25, -0.2) is 19.5 Å². The molecule has 9 nitrogen and oxygen atoms in total. The standard InChI is InChI=1S/C19H25N5O4S/c1-11(2)15-7-6-8-16(12(3)4)17(15)23-18(26)24-29(27,28)19-20-9-14(10-21-19)22-13(5)25/h6-12H,1-5H3,(H,22,25)(H2,23,24,26). The van der Waals surface area contributed by atoms with E-state index in [0.717, 1.165) is 23.5 Å². The van der Waals surface area contributed by atoms with Crippen LogP contribution in [0.2, 0.25) is 0 Å². The highest BCUT2D eigenvalue weighted by molar-refractivity contribution is 7.89. The quantitative estimate of drug-likeness (QED) is 0.617. The Labute approximate surface area is 170 Å². The number of hydrogen-bond acceptors (Lipinski definition) is 6. The maximum Gasteiger partial charge on any atom is 0.333 e. The molecule has 29 heavy (non-hydrogen) atoms. The van der Waals surface area contributed by atoms with Crippen LogP contribution in [0.3, 0.4) is 0 Å². The van der Waals surface area contributed by atoms with E-state index in [-0.39, 0.29) is 23.4 Å². The number of hydrogen-bond donors (Lipinski definition) is 3. The molecule has 0 fully saturated rings. The van der Waals surface area contributed by atoms with Crippen molar-refractivity contribution in [2.75, 3.05) is 10.6 Å². The fourth-order valence-corrected chi connectivity index (χ4v) is 3.49. The number of nitrogens with zero attached hydrogens (tertiary/aromatic N) is 2. The zero-order valence-electron chi connectivity index (χ0n) is 17.0. The molecule has 0 radical (unpaired) electrons. The summed E-state index contributed by atoms with van der Waals surface area (Å²) in [6, 6.07) is 4.79. The van der Waals surface area contributed by atoms with Crippen LogP contribution < -0.4 is 15.4 Å². The number of amides is 3. The number of para-hydroxylation sites is 1. The summed E-state index contributed by atoms with van der Waals surface area (Å²) in [5.74, 6) is -0.0815. The summed E-state index contributed by atoms with van der Waals surface area (Å²) in [6.07, 6.45) is 2.29. The van der Waals surface area contributed by atoms with Crippen molar-refractivity contribution in [1.29, 1.82) is 0 Å². The van der Waals surface area contributed by atoms with Crippen LogP contribution in [0.1, 0.15) is 57.6 Å². The van der Waals surface area contributed by atoms with Crippen LogP contribution in [0, 0.1) is 0 Å². The van der Waals surface area contributed by atoms with E-state index in [9.17, 15) is 18.0 Å². The minimum Gasteiger partial charge on any atom is -0.324 e. The average molecular weight is 420 g/mol. The molecule has 1 aromatic carbocycles. The molecular formula is C19H25N5O4S. The largest absolute Gasteiger partial charge is 0.333 e. The molecule has 0 unspecified atom stereocenters. The van der Waals surface area contributed by atoms with Gasteiger partial charge < -0.3 is 10.6 Å². The first-order valence-electron chi connectivity index (χ1n) is 9.07. The third kappa shape index (κ3) is 5.74. The molecule has 0 atom stereocenters. The van der Waals surface area contributed by atoms with E-state index in [1.807, 2.05) is 50.6 Å². The highest BCUT2D eigenvalue weighted by Gasteiger charge is 2.23. The Morgan fingerprint density at radius 1 is 0.931 bits per heavy atom. The van der Waals surface area contributed by atoms with E-state index in [1.165, 1.54) is 6.92 Å². The van der Waals surface area contributed by atoms with Gasteiger partial charge >= 0.3 is 16.1 Å². The number of sulfonamides is 1. The lowest BCUT2D eigenvalue weighted by molar-refractivity contribution is -0.114. The van der Waals surface area contributed by atoms with Crippen molar-refractivity contribution in [3.8, 4) is 0 Å². The summed E-state index contributed by atoms with van der Waals surface area (Å²) < 4.78 is 26.8. The second kappa shape index (κ2) is 8.99. The van der Waals surface area contributed by atoms with Crippen molar-refractivity contribution in [2.24, 2.45) is 0 Å². The Hall–Kier alpha value is -3.01. The van der Waals surface area contributed by atoms with Gasteiger partial charge in [0.1, 0.15) is 0 Å². The zero-order valence-corrected chi connectivity index (χ0v) is 17.8. The SMILES string of the molecule is CC(=O)Nc1cnc(S(=O)(=O)NC(=O)Nc2c(C(C)C)cccc2C(C)C)nc1. The van der Waals surface area contributed by atoms with Crippen molar-refractivity contribution in [1.82, 2.24) is 14.7 Å². The number of rotatable bonds is 6. The summed E-state index contributed by atoms with van der Waals surface area (Å²) in [5, 5.41) is 4.51. The molecule has 0 spiro atoms. The van der Waals surface area contributed by atoms with Gasteiger partial charge in [-0.2, -0.15) is 8.42 Å². The molecule has 3 N–H and O–H groups in total. The molecule has 0 aliphatic heterocycles. The van der Waals surface area contributed by atoms with Crippen molar-refractivity contribution in [2.45, 2.75) is 51.6 Å². The Bertz CT molecular complexity index is 976. The van der Waals surface area contributed by atoms with Crippen LogP contribution in [-0.2, 0) is 14.8 Å². The highest BCUT2D eigenvalue weighted by Crippen LogP contribution is 2.32. The minimum atomic E-state index is -4.29. The second-order valence-corrected chi connectivity index (χ2v) is 8.69. The smallest absolute Gasteiger partial charge is 0.324 e. The van der Waals surface area contributed by atoms with Crippen LogP contribution in [0.15, 0.2) is 35.7 Å². The predicted octanol–water partition coefficient (Wildman–Crippen LogP) is 3.19. The number of urea groups is 1. The van der Waals surface area contributed by atoms with Gasteiger partial charge in [0.25, 0.3) is 5.16 Å². The summed E-state index contributed by atoms with van der Waals surface area (Å²) in [4.78, 5) is 30.9. The fraction of sp³-hybridized carbons (Fsp3) is 0.368. The summed E-state index contributed by atoms with van der Waals surface area (Å²) in [6.45, 7) is 9.26. The van der Waals surface area contributed by atoms with E-state index < -0.39 is 21.2 Å². The number of nitrogens with one attached hydrogen (secondary N) is 3. The van der Waals surface area contributed by atoms with Gasteiger partial charge in [0, 0.05) is 12.6 Å². The predicted molar refractivity (Wildman–Crippen MR) is 110 cm³/mol. The van der Waals surface area contributed by atoms with Crippen LogP contribution >= 0.6 is 0 Å². The van der Waals surface area contributed by atoms with Crippen molar-refractivity contribution < 1.29 is 18.0 Å². The molecule has 0 aliphatic carbocycles. The molecule has 3 amide bonds. The molecule has 0 saturated carbocycles. The Morgan fingerprint density at radius 3 is 1.90 bits per heavy atom.